The van der Waals surface area contributed by atoms with E-state index in [1.54, 1.807) is 42.2 Å². The van der Waals surface area contributed by atoms with Crippen LogP contribution in [0.1, 0.15) is 58.8 Å². The number of likely N-dealkylation sites (N-methyl/N-ethyl adjacent to an activating group) is 2. The van der Waals surface area contributed by atoms with Gasteiger partial charge in [0.05, 0.1) is 50.1 Å². The number of rotatable bonds is 6. The highest BCUT2D eigenvalue weighted by Gasteiger charge is 2.44. The van der Waals surface area contributed by atoms with Gasteiger partial charge < -0.3 is 39.8 Å². The van der Waals surface area contributed by atoms with Gasteiger partial charge in [-0.1, -0.05) is 33.1 Å². The third-order valence-electron chi connectivity index (χ3n) is 12.3. The number of nitrogen functional groups attached to an aromatic ring is 1. The van der Waals surface area contributed by atoms with Crippen molar-refractivity contribution in [2.75, 3.05) is 62.4 Å². The number of nitrogens with two attached hydrogens (primary N) is 1. The van der Waals surface area contributed by atoms with Crippen molar-refractivity contribution < 1.29 is 18.9 Å². The molecular weight excluding hydrogens is 808 g/mol. The SMILES string of the molecule is C.CN1c2nc(Cl)ncc2OCC12CCCC2.COc1cc(N)ccc1-c1cnn(C)c1.COc1cc(Nc2ncc3c(n2)N(C)C2(CCCC2)CO3)ccc1-c1cnn(C)c1. The molecule has 0 radical (unpaired) electrons. The lowest BCUT2D eigenvalue weighted by Gasteiger charge is -2.43. The third-order valence-corrected chi connectivity index (χ3v) is 12.5. The van der Waals surface area contributed by atoms with E-state index in [-0.39, 0.29) is 23.8 Å². The lowest BCUT2D eigenvalue weighted by molar-refractivity contribution is 0.192. The number of benzene rings is 2. The van der Waals surface area contributed by atoms with E-state index in [2.05, 4.69) is 54.4 Å². The van der Waals surface area contributed by atoms with Gasteiger partial charge in [0.15, 0.2) is 23.1 Å². The van der Waals surface area contributed by atoms with Crippen LogP contribution in [0.15, 0.2) is 73.6 Å². The second kappa shape index (κ2) is 18.4. The Morgan fingerprint density at radius 2 is 1.18 bits per heavy atom. The Morgan fingerprint density at radius 3 is 1.69 bits per heavy atom. The third kappa shape index (κ3) is 8.87. The molecule has 2 aliphatic carbocycles. The number of aryl methyl sites for hydroxylation is 2. The zero-order valence-corrected chi connectivity index (χ0v) is 36.3. The van der Waals surface area contributed by atoms with Crippen LogP contribution in [-0.4, -0.2) is 92.1 Å². The van der Waals surface area contributed by atoms with Crippen molar-refractivity contribution >= 4 is 40.6 Å². The molecule has 2 aliphatic heterocycles. The average Bonchev–Trinajstić information content (AvgIpc) is 4.12. The molecule has 2 spiro atoms. The molecule has 2 fully saturated rings. The first kappa shape index (κ1) is 43.8. The van der Waals surface area contributed by atoms with E-state index in [0.717, 1.165) is 82.0 Å². The lowest BCUT2D eigenvalue weighted by Crippen LogP contribution is -2.52. The maximum atomic E-state index is 6.02. The molecule has 2 aromatic carbocycles. The molecule has 0 saturated heterocycles. The van der Waals surface area contributed by atoms with Crippen LogP contribution in [0.2, 0.25) is 5.28 Å². The minimum absolute atomic E-state index is 0. The van der Waals surface area contributed by atoms with E-state index in [9.17, 15) is 0 Å². The highest BCUT2D eigenvalue weighted by Crippen LogP contribution is 2.45. The Morgan fingerprint density at radius 1 is 0.677 bits per heavy atom. The summed E-state index contributed by atoms with van der Waals surface area (Å²) >= 11 is 5.83. The first-order valence-corrected chi connectivity index (χ1v) is 20.9. The van der Waals surface area contributed by atoms with Crippen molar-refractivity contribution in [2.45, 2.75) is 69.9 Å². The summed E-state index contributed by atoms with van der Waals surface area (Å²) in [7, 11) is 11.3. The minimum atomic E-state index is 0. The number of hydrogen-bond donors (Lipinski definition) is 2. The summed E-state index contributed by atoms with van der Waals surface area (Å²) in [6, 6.07) is 11.5. The van der Waals surface area contributed by atoms with Gasteiger partial charge in [0.2, 0.25) is 11.2 Å². The molecular formula is C45H57ClN12O4. The first-order valence-electron chi connectivity index (χ1n) is 20.5. The van der Waals surface area contributed by atoms with Crippen molar-refractivity contribution in [1.29, 1.82) is 0 Å². The Balaban J connectivity index is 0.000000153. The zero-order valence-electron chi connectivity index (χ0n) is 35.6. The predicted octanol–water partition coefficient (Wildman–Crippen LogP) is 8.36. The van der Waals surface area contributed by atoms with Gasteiger partial charge in [-0.3, -0.25) is 9.36 Å². The number of halogens is 1. The van der Waals surface area contributed by atoms with Crippen LogP contribution >= 0.6 is 11.6 Å². The molecule has 4 aliphatic rings. The summed E-state index contributed by atoms with van der Waals surface area (Å²) in [6.07, 6.45) is 20.6. The second-order valence-corrected chi connectivity index (χ2v) is 16.4. The van der Waals surface area contributed by atoms with Gasteiger partial charge in [-0.15, -0.1) is 0 Å². The predicted molar refractivity (Wildman–Crippen MR) is 244 cm³/mol. The van der Waals surface area contributed by atoms with Crippen LogP contribution in [-0.2, 0) is 14.1 Å². The van der Waals surface area contributed by atoms with Gasteiger partial charge in [-0.05, 0) is 61.5 Å². The Labute approximate surface area is 368 Å². The monoisotopic (exact) mass is 864 g/mol. The number of fused-ring (bicyclic) bond motifs is 2. The maximum Gasteiger partial charge on any atom is 0.229 e. The van der Waals surface area contributed by atoms with Gasteiger partial charge in [-0.2, -0.15) is 20.2 Å². The molecule has 6 heterocycles. The molecule has 0 atom stereocenters. The largest absolute Gasteiger partial charge is 0.496 e. The number of anilines is 5. The first-order chi connectivity index (χ1) is 29.5. The fourth-order valence-corrected chi connectivity index (χ4v) is 8.87. The summed E-state index contributed by atoms with van der Waals surface area (Å²) in [5, 5.41) is 12.0. The van der Waals surface area contributed by atoms with E-state index in [1.807, 2.05) is 69.1 Å². The highest BCUT2D eigenvalue weighted by atomic mass is 35.5. The van der Waals surface area contributed by atoms with Crippen LogP contribution in [0.4, 0.5) is 29.0 Å². The maximum absolute atomic E-state index is 6.02. The Hall–Kier alpha value is -6.29. The smallest absolute Gasteiger partial charge is 0.229 e. The van der Waals surface area contributed by atoms with E-state index >= 15 is 0 Å². The van der Waals surface area contributed by atoms with Crippen LogP contribution in [0, 0.1) is 0 Å². The van der Waals surface area contributed by atoms with Crippen LogP contribution in [0.25, 0.3) is 22.3 Å². The van der Waals surface area contributed by atoms with Gasteiger partial charge in [0.25, 0.3) is 0 Å². The van der Waals surface area contributed by atoms with E-state index in [0.29, 0.717) is 18.2 Å². The molecule has 2 saturated carbocycles. The molecule has 0 unspecified atom stereocenters. The van der Waals surface area contributed by atoms with Crippen molar-refractivity contribution in [3.8, 4) is 45.3 Å². The number of methoxy groups -OCH3 is 2. The average molecular weight is 865 g/mol. The topological polar surface area (TPSA) is 169 Å². The molecule has 62 heavy (non-hydrogen) atoms. The molecule has 3 N–H and O–H groups in total. The molecule has 4 aromatic heterocycles. The fourth-order valence-electron chi connectivity index (χ4n) is 8.74. The van der Waals surface area contributed by atoms with Crippen LogP contribution in [0.5, 0.6) is 23.0 Å². The fraction of sp³-hybridized carbons (Fsp3) is 0.422. The van der Waals surface area contributed by atoms with Gasteiger partial charge in [0.1, 0.15) is 24.7 Å². The summed E-state index contributed by atoms with van der Waals surface area (Å²) in [5.41, 5.74) is 11.4. The minimum Gasteiger partial charge on any atom is -0.496 e. The molecule has 0 amide bonds. The molecule has 6 aromatic rings. The van der Waals surface area contributed by atoms with Crippen LogP contribution in [0.3, 0.4) is 0 Å². The standard InChI is InChI=1S/C22H26N6O2.C11H14ClN3O.C11H13N3O.CH4/c1-27-13-15(11-24-27)17-7-6-16(10-18(17)29-3)25-21-23-12-19-20(26-21)28(2)22(14-30-19)8-4-5-9-22;1-15-9-8(6-13-10(12)14-9)16-7-11(15)4-2-3-5-11;1-14-7-8(6-13-14)10-4-3-9(12)5-11(10)15-2;/h6-7,10-13H,4-5,8-9,14H2,1-3H3,(H,23,25,26);6H,2-5,7H2,1H3;3-7H,12H2,1-2H3;1H4. The van der Waals surface area contributed by atoms with Crippen molar-refractivity contribution in [1.82, 2.24) is 39.5 Å². The Kier molecular flexibility index (Phi) is 13.0. The summed E-state index contributed by atoms with van der Waals surface area (Å²) in [4.78, 5) is 22.0. The zero-order chi connectivity index (χ0) is 42.7. The lowest BCUT2D eigenvalue weighted by atomic mass is 9.95. The summed E-state index contributed by atoms with van der Waals surface area (Å²) in [5.74, 6) is 5.22. The number of hydrogen-bond acceptors (Lipinski definition) is 14. The van der Waals surface area contributed by atoms with Gasteiger partial charge in [0, 0.05) is 86.3 Å². The quantitative estimate of drug-likeness (QED) is 0.121. The van der Waals surface area contributed by atoms with E-state index in [1.165, 1.54) is 38.5 Å². The van der Waals surface area contributed by atoms with Gasteiger partial charge in [-0.25, -0.2) is 9.97 Å². The van der Waals surface area contributed by atoms with Gasteiger partial charge >= 0.3 is 0 Å². The number of aromatic nitrogens is 8. The second-order valence-electron chi connectivity index (χ2n) is 16.1. The highest BCUT2D eigenvalue weighted by molar-refractivity contribution is 6.28. The number of nitrogens with one attached hydrogen (secondary N) is 1. The molecule has 328 valence electrons. The summed E-state index contributed by atoms with van der Waals surface area (Å²) < 4.78 is 26.2. The number of ether oxygens (including phenoxy) is 4. The van der Waals surface area contributed by atoms with Crippen LogP contribution < -0.4 is 39.8 Å². The molecule has 0 bridgehead atoms. The Bertz CT molecular complexity index is 2480. The summed E-state index contributed by atoms with van der Waals surface area (Å²) in [6.45, 7) is 1.45. The van der Waals surface area contributed by atoms with Crippen molar-refractivity contribution in [2.24, 2.45) is 14.1 Å². The van der Waals surface area contributed by atoms with Crippen molar-refractivity contribution in [3.05, 3.63) is 78.9 Å². The molecule has 10 rings (SSSR count). The molecule has 17 heteroatoms. The molecule has 16 nitrogen and oxygen atoms in total. The normalized spacial score (nSPS) is 16.4. The van der Waals surface area contributed by atoms with E-state index < -0.39 is 0 Å². The van der Waals surface area contributed by atoms with E-state index in [4.69, 9.17) is 41.3 Å². The number of nitrogens with zero attached hydrogens (tertiary/aromatic N) is 10. The van der Waals surface area contributed by atoms with Crippen molar-refractivity contribution in [3.63, 3.8) is 0 Å².